The van der Waals surface area contributed by atoms with Crippen molar-refractivity contribution in [1.29, 1.82) is 0 Å². The van der Waals surface area contributed by atoms with Gasteiger partial charge in [0.2, 0.25) is 11.7 Å². The summed E-state index contributed by atoms with van der Waals surface area (Å²) in [5.74, 6) is 2.81. The second-order valence-corrected chi connectivity index (χ2v) is 6.70. The molecule has 2 aromatic carbocycles. The monoisotopic (exact) mass is 394 g/mol. The van der Waals surface area contributed by atoms with Crippen LogP contribution < -0.4 is 24.8 Å². The van der Waals surface area contributed by atoms with Crippen LogP contribution in [0.5, 0.6) is 17.2 Å². The highest BCUT2D eigenvalue weighted by atomic mass is 16.5. The van der Waals surface area contributed by atoms with Gasteiger partial charge in [-0.25, -0.2) is 4.98 Å². The standard InChI is InChI=1S/C22H26N4O3/c1-13-7-8-14(2)17(9-13)25-20-10-15(3)23-22(26-20)24-16-11-18(27-4)21(29-6)19(12-16)28-5/h7-12H,1-6H3,(H2,23,24,25,26). The Labute approximate surface area is 171 Å². The van der Waals surface area contributed by atoms with E-state index in [2.05, 4.69) is 52.6 Å². The van der Waals surface area contributed by atoms with Crippen LogP contribution in [0, 0.1) is 20.8 Å². The summed E-state index contributed by atoms with van der Waals surface area (Å²) >= 11 is 0. The zero-order valence-corrected chi connectivity index (χ0v) is 17.6. The lowest BCUT2D eigenvalue weighted by atomic mass is 10.1. The second-order valence-electron chi connectivity index (χ2n) is 6.70. The molecule has 0 amide bonds. The van der Waals surface area contributed by atoms with E-state index in [9.17, 15) is 0 Å². The van der Waals surface area contributed by atoms with Crippen molar-refractivity contribution in [3.63, 3.8) is 0 Å². The predicted molar refractivity (Wildman–Crippen MR) is 115 cm³/mol. The summed E-state index contributed by atoms with van der Waals surface area (Å²) in [6.07, 6.45) is 0. The van der Waals surface area contributed by atoms with Crippen LogP contribution in [0.2, 0.25) is 0 Å². The van der Waals surface area contributed by atoms with Gasteiger partial charge in [0.15, 0.2) is 11.5 Å². The van der Waals surface area contributed by atoms with Crippen molar-refractivity contribution in [2.45, 2.75) is 20.8 Å². The average molecular weight is 394 g/mol. The van der Waals surface area contributed by atoms with Crippen LogP contribution >= 0.6 is 0 Å². The third kappa shape index (κ3) is 4.68. The largest absolute Gasteiger partial charge is 0.493 e. The minimum Gasteiger partial charge on any atom is -0.493 e. The number of anilines is 4. The van der Waals surface area contributed by atoms with Crippen LogP contribution in [0.3, 0.4) is 0 Å². The molecule has 1 heterocycles. The van der Waals surface area contributed by atoms with E-state index in [0.29, 0.717) is 29.0 Å². The molecule has 7 heteroatoms. The van der Waals surface area contributed by atoms with Crippen LogP contribution in [-0.2, 0) is 0 Å². The maximum Gasteiger partial charge on any atom is 0.229 e. The van der Waals surface area contributed by atoms with E-state index >= 15 is 0 Å². The highest BCUT2D eigenvalue weighted by molar-refractivity contribution is 5.67. The molecule has 152 valence electrons. The Hall–Kier alpha value is -3.48. The van der Waals surface area contributed by atoms with Crippen molar-refractivity contribution in [3.05, 3.63) is 53.2 Å². The first-order valence-corrected chi connectivity index (χ1v) is 9.20. The first-order valence-electron chi connectivity index (χ1n) is 9.20. The number of benzene rings is 2. The number of hydrogen-bond acceptors (Lipinski definition) is 7. The molecule has 0 aliphatic heterocycles. The Kier molecular flexibility index (Phi) is 6.07. The van der Waals surface area contributed by atoms with Gasteiger partial charge in [-0.2, -0.15) is 4.98 Å². The molecule has 0 aliphatic rings. The summed E-state index contributed by atoms with van der Waals surface area (Å²) in [5, 5.41) is 6.60. The molecule has 0 atom stereocenters. The topological polar surface area (TPSA) is 77.5 Å². The van der Waals surface area contributed by atoms with E-state index < -0.39 is 0 Å². The Morgan fingerprint density at radius 3 is 2.07 bits per heavy atom. The molecular weight excluding hydrogens is 368 g/mol. The van der Waals surface area contributed by atoms with Gasteiger partial charge in [0, 0.05) is 35.3 Å². The van der Waals surface area contributed by atoms with Gasteiger partial charge in [0.25, 0.3) is 0 Å². The first kappa shape index (κ1) is 20.3. The lowest BCUT2D eigenvalue weighted by molar-refractivity contribution is 0.324. The Morgan fingerprint density at radius 1 is 0.759 bits per heavy atom. The number of nitrogens with one attached hydrogen (secondary N) is 2. The fraction of sp³-hybridized carbons (Fsp3) is 0.273. The highest BCUT2D eigenvalue weighted by Crippen LogP contribution is 2.40. The molecule has 2 N–H and O–H groups in total. The van der Waals surface area contributed by atoms with E-state index in [0.717, 1.165) is 22.6 Å². The molecule has 3 aromatic rings. The lowest BCUT2D eigenvalue weighted by Crippen LogP contribution is -2.04. The van der Waals surface area contributed by atoms with Crippen molar-refractivity contribution >= 4 is 23.1 Å². The SMILES string of the molecule is COc1cc(Nc2nc(C)cc(Nc3cc(C)ccc3C)n2)cc(OC)c1OC. The summed E-state index contributed by atoms with van der Waals surface area (Å²) in [4.78, 5) is 9.09. The highest BCUT2D eigenvalue weighted by Gasteiger charge is 2.14. The van der Waals surface area contributed by atoms with E-state index in [1.54, 1.807) is 21.3 Å². The number of aryl methyl sites for hydroxylation is 3. The van der Waals surface area contributed by atoms with Gasteiger partial charge in [-0.05, 0) is 38.0 Å². The van der Waals surface area contributed by atoms with Gasteiger partial charge in [-0.15, -0.1) is 0 Å². The van der Waals surface area contributed by atoms with Crippen LogP contribution in [0.15, 0.2) is 36.4 Å². The summed E-state index contributed by atoms with van der Waals surface area (Å²) in [6.45, 7) is 6.05. The van der Waals surface area contributed by atoms with Gasteiger partial charge in [0.1, 0.15) is 5.82 Å². The van der Waals surface area contributed by atoms with Crippen LogP contribution in [0.1, 0.15) is 16.8 Å². The molecule has 0 unspecified atom stereocenters. The Morgan fingerprint density at radius 2 is 1.45 bits per heavy atom. The van der Waals surface area contributed by atoms with E-state index in [1.807, 2.05) is 25.1 Å². The molecule has 29 heavy (non-hydrogen) atoms. The Balaban J connectivity index is 1.92. The molecular formula is C22H26N4O3. The van der Waals surface area contributed by atoms with Crippen LogP contribution in [0.4, 0.5) is 23.1 Å². The van der Waals surface area contributed by atoms with Crippen molar-refractivity contribution in [2.75, 3.05) is 32.0 Å². The molecule has 3 rings (SSSR count). The predicted octanol–water partition coefficient (Wildman–Crippen LogP) is 4.91. The van der Waals surface area contributed by atoms with Gasteiger partial charge in [-0.3, -0.25) is 0 Å². The number of nitrogens with zero attached hydrogens (tertiary/aromatic N) is 2. The molecule has 7 nitrogen and oxygen atoms in total. The lowest BCUT2D eigenvalue weighted by Gasteiger charge is -2.15. The molecule has 0 fully saturated rings. The van der Waals surface area contributed by atoms with Crippen LogP contribution in [0.25, 0.3) is 0 Å². The average Bonchev–Trinajstić information content (AvgIpc) is 2.69. The maximum absolute atomic E-state index is 5.41. The second kappa shape index (κ2) is 8.68. The van der Waals surface area contributed by atoms with Gasteiger partial charge >= 0.3 is 0 Å². The summed E-state index contributed by atoms with van der Waals surface area (Å²) in [5.41, 5.74) is 4.90. The smallest absolute Gasteiger partial charge is 0.229 e. The molecule has 0 saturated heterocycles. The zero-order chi connectivity index (χ0) is 21.0. The normalized spacial score (nSPS) is 10.4. The minimum atomic E-state index is 0.465. The molecule has 0 bridgehead atoms. The van der Waals surface area contributed by atoms with Crippen molar-refractivity contribution in [2.24, 2.45) is 0 Å². The molecule has 0 saturated carbocycles. The van der Waals surface area contributed by atoms with Gasteiger partial charge < -0.3 is 24.8 Å². The van der Waals surface area contributed by atoms with Crippen LogP contribution in [-0.4, -0.2) is 31.3 Å². The summed E-state index contributed by atoms with van der Waals surface area (Å²) in [6, 6.07) is 11.8. The quantitative estimate of drug-likeness (QED) is 0.589. The molecule has 0 radical (unpaired) electrons. The fourth-order valence-electron chi connectivity index (χ4n) is 2.98. The first-order chi connectivity index (χ1) is 13.9. The molecule has 0 spiro atoms. The summed E-state index contributed by atoms with van der Waals surface area (Å²) < 4.78 is 16.2. The maximum atomic E-state index is 5.41. The molecule has 1 aromatic heterocycles. The summed E-state index contributed by atoms with van der Waals surface area (Å²) in [7, 11) is 4.73. The number of hydrogen-bond donors (Lipinski definition) is 2. The molecule has 0 aliphatic carbocycles. The third-order valence-electron chi connectivity index (χ3n) is 4.43. The zero-order valence-electron chi connectivity index (χ0n) is 17.6. The minimum absolute atomic E-state index is 0.465. The van der Waals surface area contributed by atoms with Gasteiger partial charge in [-0.1, -0.05) is 12.1 Å². The Bertz CT molecular complexity index is 996. The number of ether oxygens (including phenoxy) is 3. The van der Waals surface area contributed by atoms with Crippen molar-refractivity contribution in [1.82, 2.24) is 9.97 Å². The van der Waals surface area contributed by atoms with E-state index in [4.69, 9.17) is 14.2 Å². The van der Waals surface area contributed by atoms with Crippen molar-refractivity contribution in [3.8, 4) is 17.2 Å². The fourth-order valence-corrected chi connectivity index (χ4v) is 2.98. The third-order valence-corrected chi connectivity index (χ3v) is 4.43. The number of rotatable bonds is 7. The number of methoxy groups -OCH3 is 3. The number of aromatic nitrogens is 2. The van der Waals surface area contributed by atoms with E-state index in [-0.39, 0.29) is 0 Å². The van der Waals surface area contributed by atoms with E-state index in [1.165, 1.54) is 5.56 Å². The van der Waals surface area contributed by atoms with Gasteiger partial charge in [0.05, 0.1) is 21.3 Å². The van der Waals surface area contributed by atoms with Crippen molar-refractivity contribution < 1.29 is 14.2 Å².